The average molecular weight is 377 g/mol. The highest BCUT2D eigenvalue weighted by Gasteiger charge is 2.22. The number of rotatable bonds is 5. The van der Waals surface area contributed by atoms with Crippen LogP contribution in [0.3, 0.4) is 0 Å². The lowest BCUT2D eigenvalue weighted by atomic mass is 10.00. The summed E-state index contributed by atoms with van der Waals surface area (Å²) in [4.78, 5) is 25.3. The summed E-state index contributed by atoms with van der Waals surface area (Å²) in [5, 5.41) is 0.370. The van der Waals surface area contributed by atoms with Gasteiger partial charge in [-0.2, -0.15) is 0 Å². The number of hydrogen-bond donors (Lipinski definition) is 1. The molecule has 0 radical (unpaired) electrons. The minimum Gasteiger partial charge on any atom is -0.437 e. The highest BCUT2D eigenvalue weighted by atomic mass is 35.5. The van der Waals surface area contributed by atoms with Crippen molar-refractivity contribution in [2.75, 3.05) is 19.1 Å². The van der Waals surface area contributed by atoms with Gasteiger partial charge in [0, 0.05) is 17.8 Å². The van der Waals surface area contributed by atoms with Gasteiger partial charge in [0.1, 0.15) is 5.75 Å². The lowest BCUT2D eigenvalue weighted by molar-refractivity contribution is -0.119. The van der Waals surface area contributed by atoms with Crippen molar-refractivity contribution in [1.29, 1.82) is 0 Å². The van der Waals surface area contributed by atoms with Gasteiger partial charge in [-0.05, 0) is 48.7 Å². The van der Waals surface area contributed by atoms with Crippen molar-refractivity contribution in [2.24, 2.45) is 5.73 Å². The monoisotopic (exact) mass is 376 g/mol. The molecule has 138 valence electrons. The van der Waals surface area contributed by atoms with Crippen LogP contribution in [0.4, 0.5) is 10.5 Å². The summed E-state index contributed by atoms with van der Waals surface area (Å²) in [6.45, 7) is 1.81. The molecule has 26 heavy (non-hydrogen) atoms. The van der Waals surface area contributed by atoms with Crippen molar-refractivity contribution in [3.8, 4) is 5.75 Å². The molecule has 1 amide bonds. The molecule has 2 aromatic rings. The second-order valence-corrected chi connectivity index (χ2v) is 6.21. The van der Waals surface area contributed by atoms with E-state index in [2.05, 4.69) is 4.74 Å². The van der Waals surface area contributed by atoms with Gasteiger partial charge in [-0.1, -0.05) is 29.8 Å². The molecule has 0 aromatic heterocycles. The van der Waals surface area contributed by atoms with Gasteiger partial charge in [-0.3, -0.25) is 4.79 Å². The van der Waals surface area contributed by atoms with E-state index < -0.39 is 12.2 Å². The van der Waals surface area contributed by atoms with Crippen molar-refractivity contribution in [3.63, 3.8) is 0 Å². The maximum atomic E-state index is 12.6. The average Bonchev–Trinajstić information content (AvgIpc) is 2.63. The fourth-order valence-corrected chi connectivity index (χ4v) is 2.87. The Morgan fingerprint density at radius 3 is 2.46 bits per heavy atom. The predicted molar refractivity (Wildman–Crippen MR) is 101 cm³/mol. The quantitative estimate of drug-likeness (QED) is 0.639. The van der Waals surface area contributed by atoms with Crippen molar-refractivity contribution in [2.45, 2.75) is 19.4 Å². The number of methoxy groups -OCH3 is 1. The molecule has 2 N–H and O–H groups in total. The fourth-order valence-electron chi connectivity index (χ4n) is 2.53. The van der Waals surface area contributed by atoms with E-state index in [0.717, 1.165) is 16.8 Å². The van der Waals surface area contributed by atoms with Crippen LogP contribution in [0.1, 0.15) is 11.1 Å². The van der Waals surface area contributed by atoms with Gasteiger partial charge in [0.05, 0.1) is 13.2 Å². The van der Waals surface area contributed by atoms with Crippen LogP contribution >= 0.6 is 11.6 Å². The summed E-state index contributed by atoms with van der Waals surface area (Å²) in [5.41, 5.74) is 8.37. The molecule has 1 atom stereocenters. The van der Waals surface area contributed by atoms with Crippen LogP contribution in [0.2, 0.25) is 5.02 Å². The Kier molecular flexibility index (Phi) is 6.60. The van der Waals surface area contributed by atoms with Crippen LogP contribution in [0, 0.1) is 6.92 Å². The molecule has 0 aliphatic heterocycles. The van der Waals surface area contributed by atoms with Gasteiger partial charge in [0.2, 0.25) is 5.91 Å². The number of anilines is 1. The molecule has 7 heteroatoms. The van der Waals surface area contributed by atoms with E-state index in [1.54, 1.807) is 13.1 Å². The van der Waals surface area contributed by atoms with E-state index in [4.69, 9.17) is 22.1 Å². The highest BCUT2D eigenvalue weighted by molar-refractivity contribution is 6.31. The number of halogens is 1. The molecule has 2 rings (SSSR count). The molecular formula is C19H21ClN2O4. The van der Waals surface area contributed by atoms with E-state index in [0.29, 0.717) is 5.02 Å². The number of carbonyl (C=O) groups is 2. The van der Waals surface area contributed by atoms with Crippen LogP contribution in [-0.4, -0.2) is 32.3 Å². The molecule has 0 saturated heterocycles. The first-order valence-electron chi connectivity index (χ1n) is 7.96. The van der Waals surface area contributed by atoms with E-state index in [-0.39, 0.29) is 18.1 Å². The third-order valence-corrected chi connectivity index (χ3v) is 4.31. The topological polar surface area (TPSA) is 81.9 Å². The Morgan fingerprint density at radius 1 is 1.23 bits per heavy atom. The number of para-hydroxylation sites is 1. The van der Waals surface area contributed by atoms with Gasteiger partial charge in [-0.15, -0.1) is 0 Å². The van der Waals surface area contributed by atoms with Gasteiger partial charge >= 0.3 is 6.16 Å². The van der Waals surface area contributed by atoms with Gasteiger partial charge in [-0.25, -0.2) is 4.79 Å². The van der Waals surface area contributed by atoms with Crippen molar-refractivity contribution >= 4 is 29.4 Å². The Labute approximate surface area is 157 Å². The number of carbonyl (C=O) groups excluding carboxylic acids is 2. The van der Waals surface area contributed by atoms with Gasteiger partial charge in [0.15, 0.2) is 0 Å². The standard InChI is InChI=1S/C19H21ClN2O4/c1-12-9-14(26-19(24)25-3)10-16(20)15(12)11-17(21)18(23)22(2)13-7-5-4-6-8-13/h4-10,17H,11,21H2,1-3H3/t17-/m0/s1. The normalized spacial score (nSPS) is 11.6. The number of likely N-dealkylation sites (N-methyl/N-ethyl adjacent to an activating group) is 1. The van der Waals surface area contributed by atoms with E-state index in [9.17, 15) is 9.59 Å². The van der Waals surface area contributed by atoms with Crippen molar-refractivity contribution in [1.82, 2.24) is 0 Å². The van der Waals surface area contributed by atoms with Crippen molar-refractivity contribution < 1.29 is 19.1 Å². The Balaban J connectivity index is 2.14. The smallest absolute Gasteiger partial charge is 0.437 e. The summed E-state index contributed by atoms with van der Waals surface area (Å²) in [7, 11) is 2.90. The zero-order chi connectivity index (χ0) is 19.3. The largest absolute Gasteiger partial charge is 0.513 e. The lowest BCUT2D eigenvalue weighted by Gasteiger charge is -2.22. The predicted octanol–water partition coefficient (Wildman–Crippen LogP) is 3.33. The number of ether oxygens (including phenoxy) is 2. The molecule has 2 aromatic carbocycles. The molecule has 0 spiro atoms. The number of nitrogens with zero attached hydrogens (tertiary/aromatic N) is 1. The van der Waals surface area contributed by atoms with Crippen LogP contribution in [0.5, 0.6) is 5.75 Å². The molecule has 0 aliphatic rings. The van der Waals surface area contributed by atoms with Crippen molar-refractivity contribution in [3.05, 3.63) is 58.6 Å². The summed E-state index contributed by atoms with van der Waals surface area (Å²) in [6.07, 6.45) is -0.566. The zero-order valence-electron chi connectivity index (χ0n) is 14.9. The SMILES string of the molecule is COC(=O)Oc1cc(C)c(C[C@H](N)C(=O)N(C)c2ccccc2)c(Cl)c1. The fraction of sp³-hybridized carbons (Fsp3) is 0.263. The second kappa shape index (κ2) is 8.69. The maximum Gasteiger partial charge on any atom is 0.513 e. The minimum absolute atomic E-state index is 0.221. The molecule has 6 nitrogen and oxygen atoms in total. The molecule has 0 heterocycles. The molecular weight excluding hydrogens is 356 g/mol. The first-order valence-corrected chi connectivity index (χ1v) is 8.34. The molecule has 0 bridgehead atoms. The third kappa shape index (κ3) is 4.74. The zero-order valence-corrected chi connectivity index (χ0v) is 15.6. The Bertz CT molecular complexity index is 772. The second-order valence-electron chi connectivity index (χ2n) is 5.80. The number of aryl methyl sites for hydroxylation is 1. The van der Waals surface area contributed by atoms with E-state index in [1.165, 1.54) is 18.1 Å². The van der Waals surface area contributed by atoms with E-state index >= 15 is 0 Å². The van der Waals surface area contributed by atoms with E-state index in [1.807, 2.05) is 37.3 Å². The first kappa shape index (κ1) is 19.8. The summed E-state index contributed by atoms with van der Waals surface area (Å²) in [5.74, 6) is 0.0472. The molecule has 0 aliphatic carbocycles. The number of amides is 1. The Hall–Kier alpha value is -2.57. The number of nitrogens with two attached hydrogens (primary N) is 1. The first-order chi connectivity index (χ1) is 12.3. The molecule has 0 saturated carbocycles. The number of hydrogen-bond acceptors (Lipinski definition) is 5. The molecule has 0 fully saturated rings. The van der Waals surface area contributed by atoms with Gasteiger partial charge < -0.3 is 20.1 Å². The summed E-state index contributed by atoms with van der Waals surface area (Å²) < 4.78 is 9.43. The maximum absolute atomic E-state index is 12.6. The van der Waals surface area contributed by atoms with Crippen LogP contribution in [0.25, 0.3) is 0 Å². The minimum atomic E-state index is -0.829. The Morgan fingerprint density at radius 2 is 1.88 bits per heavy atom. The summed E-state index contributed by atoms with van der Waals surface area (Å²) in [6, 6.07) is 11.6. The van der Waals surface area contributed by atoms with Crippen LogP contribution in [0.15, 0.2) is 42.5 Å². The van der Waals surface area contributed by atoms with Crippen LogP contribution in [-0.2, 0) is 16.0 Å². The molecule has 0 unspecified atom stereocenters. The lowest BCUT2D eigenvalue weighted by Crippen LogP contribution is -2.43. The number of benzene rings is 2. The highest BCUT2D eigenvalue weighted by Crippen LogP contribution is 2.28. The van der Waals surface area contributed by atoms with Gasteiger partial charge in [0.25, 0.3) is 0 Å². The third-order valence-electron chi connectivity index (χ3n) is 3.98. The van der Waals surface area contributed by atoms with Crippen LogP contribution < -0.4 is 15.4 Å². The summed E-state index contributed by atoms with van der Waals surface area (Å²) >= 11 is 6.29.